The Morgan fingerprint density at radius 1 is 1.12 bits per heavy atom. The van der Waals surface area contributed by atoms with E-state index >= 15 is 0 Å². The average molecular weight is 349 g/mol. The first-order valence-corrected chi connectivity index (χ1v) is 8.94. The summed E-state index contributed by atoms with van der Waals surface area (Å²) in [5, 5.41) is 12.3. The Bertz CT molecular complexity index is 771. The van der Waals surface area contributed by atoms with Crippen LogP contribution in [0.1, 0.15) is 17.7 Å². The van der Waals surface area contributed by atoms with Crippen molar-refractivity contribution in [3.63, 3.8) is 0 Å². The second kappa shape index (κ2) is 8.86. The molecule has 1 aromatic heterocycles. The zero-order chi connectivity index (χ0) is 18.2. The van der Waals surface area contributed by atoms with Crippen molar-refractivity contribution in [3.05, 3.63) is 59.9 Å². The molecule has 0 spiro atoms. The van der Waals surface area contributed by atoms with Crippen LogP contribution in [0.25, 0.3) is 0 Å². The molecule has 26 heavy (non-hydrogen) atoms. The lowest BCUT2D eigenvalue weighted by molar-refractivity contribution is 0.201. The van der Waals surface area contributed by atoms with Gasteiger partial charge in [0.25, 0.3) is 0 Å². The zero-order valence-electron chi connectivity index (χ0n) is 14.8. The minimum absolute atomic E-state index is 0.0312. The van der Waals surface area contributed by atoms with Crippen LogP contribution < -0.4 is 10.2 Å². The first-order valence-electron chi connectivity index (χ1n) is 8.94. The van der Waals surface area contributed by atoms with E-state index in [0.29, 0.717) is 18.7 Å². The van der Waals surface area contributed by atoms with Gasteiger partial charge in [0.2, 0.25) is 0 Å². The molecule has 0 atom stereocenters. The largest absolute Gasteiger partial charge is 0.369 e. The van der Waals surface area contributed by atoms with Crippen LogP contribution in [0.15, 0.2) is 48.7 Å². The van der Waals surface area contributed by atoms with Gasteiger partial charge < -0.3 is 15.1 Å². The number of nitrogens with one attached hydrogen (secondary N) is 1. The number of urea groups is 1. The maximum absolute atomic E-state index is 12.4. The van der Waals surface area contributed by atoms with Gasteiger partial charge in [0.1, 0.15) is 6.07 Å². The number of amides is 2. The summed E-state index contributed by atoms with van der Waals surface area (Å²) in [5.41, 5.74) is 2.61. The van der Waals surface area contributed by atoms with Crippen molar-refractivity contribution in [3.8, 4) is 6.07 Å². The van der Waals surface area contributed by atoms with E-state index < -0.39 is 0 Å². The summed E-state index contributed by atoms with van der Waals surface area (Å²) in [6.07, 6.45) is 3.37. The number of anilines is 1. The highest BCUT2D eigenvalue weighted by Crippen LogP contribution is 2.21. The number of rotatable bonds is 4. The van der Waals surface area contributed by atoms with Crippen molar-refractivity contribution < 1.29 is 4.79 Å². The molecule has 1 saturated heterocycles. The monoisotopic (exact) mass is 349 g/mol. The Morgan fingerprint density at radius 3 is 2.77 bits per heavy atom. The van der Waals surface area contributed by atoms with Crippen molar-refractivity contribution in [1.82, 2.24) is 15.2 Å². The topological polar surface area (TPSA) is 72.3 Å². The van der Waals surface area contributed by atoms with Gasteiger partial charge in [0.05, 0.1) is 11.3 Å². The van der Waals surface area contributed by atoms with E-state index in [9.17, 15) is 10.1 Å². The molecule has 2 heterocycles. The first kappa shape index (κ1) is 17.7. The number of hydrogen-bond acceptors (Lipinski definition) is 4. The van der Waals surface area contributed by atoms with Gasteiger partial charge in [-0.2, -0.15) is 5.26 Å². The fourth-order valence-electron chi connectivity index (χ4n) is 3.16. The van der Waals surface area contributed by atoms with E-state index in [1.54, 1.807) is 6.20 Å². The van der Waals surface area contributed by atoms with Gasteiger partial charge in [0, 0.05) is 51.0 Å². The summed E-state index contributed by atoms with van der Waals surface area (Å²) >= 11 is 0. The number of pyridine rings is 1. The molecule has 3 rings (SSSR count). The SMILES string of the molecule is N#Cc1ccccc1N1CCCN(C(=O)NCCc2ccccn2)CC1. The quantitative estimate of drug-likeness (QED) is 0.920. The molecular weight excluding hydrogens is 326 g/mol. The van der Waals surface area contributed by atoms with Crippen LogP contribution in [-0.4, -0.2) is 48.6 Å². The summed E-state index contributed by atoms with van der Waals surface area (Å²) in [6.45, 7) is 3.52. The van der Waals surface area contributed by atoms with Gasteiger partial charge in [-0.05, 0) is 30.7 Å². The van der Waals surface area contributed by atoms with Crippen LogP contribution >= 0.6 is 0 Å². The molecule has 6 nitrogen and oxygen atoms in total. The second-order valence-electron chi connectivity index (χ2n) is 6.26. The maximum Gasteiger partial charge on any atom is 0.317 e. The van der Waals surface area contributed by atoms with Crippen LogP contribution in [-0.2, 0) is 6.42 Å². The average Bonchev–Trinajstić information content (AvgIpc) is 2.95. The lowest BCUT2D eigenvalue weighted by atomic mass is 10.1. The molecule has 0 saturated carbocycles. The smallest absolute Gasteiger partial charge is 0.317 e. The van der Waals surface area contributed by atoms with E-state index in [0.717, 1.165) is 43.9 Å². The Balaban J connectivity index is 1.51. The summed E-state index contributed by atoms with van der Waals surface area (Å²) in [6, 6.07) is 15.6. The van der Waals surface area contributed by atoms with Crippen molar-refractivity contribution >= 4 is 11.7 Å². The molecule has 2 amide bonds. The highest BCUT2D eigenvalue weighted by Gasteiger charge is 2.20. The van der Waals surface area contributed by atoms with E-state index in [-0.39, 0.29) is 6.03 Å². The van der Waals surface area contributed by atoms with Gasteiger partial charge >= 0.3 is 6.03 Å². The summed E-state index contributed by atoms with van der Waals surface area (Å²) in [7, 11) is 0. The maximum atomic E-state index is 12.4. The third kappa shape index (κ3) is 4.51. The summed E-state index contributed by atoms with van der Waals surface area (Å²) in [4.78, 5) is 20.7. The molecule has 1 fully saturated rings. The third-order valence-electron chi connectivity index (χ3n) is 4.53. The van der Waals surface area contributed by atoms with E-state index in [1.807, 2.05) is 47.4 Å². The number of aromatic nitrogens is 1. The molecule has 0 aliphatic carbocycles. The molecule has 134 valence electrons. The molecular formula is C20H23N5O. The van der Waals surface area contributed by atoms with Crippen LogP contribution in [0.2, 0.25) is 0 Å². The van der Waals surface area contributed by atoms with Gasteiger partial charge in [-0.3, -0.25) is 4.98 Å². The van der Waals surface area contributed by atoms with Crippen molar-refractivity contribution in [1.29, 1.82) is 5.26 Å². The normalized spacial score (nSPS) is 14.4. The first-order chi connectivity index (χ1) is 12.8. The third-order valence-corrected chi connectivity index (χ3v) is 4.53. The molecule has 0 radical (unpaired) electrons. The summed E-state index contributed by atoms with van der Waals surface area (Å²) in [5.74, 6) is 0. The van der Waals surface area contributed by atoms with Gasteiger partial charge in [0.15, 0.2) is 0 Å². The van der Waals surface area contributed by atoms with Crippen molar-refractivity contribution in [2.45, 2.75) is 12.8 Å². The minimum Gasteiger partial charge on any atom is -0.369 e. The molecule has 1 aromatic carbocycles. The number of benzene rings is 1. The van der Waals surface area contributed by atoms with Crippen molar-refractivity contribution in [2.75, 3.05) is 37.6 Å². The Kier molecular flexibility index (Phi) is 6.05. The lowest BCUT2D eigenvalue weighted by Crippen LogP contribution is -2.42. The summed E-state index contributed by atoms with van der Waals surface area (Å²) < 4.78 is 0. The molecule has 1 aliphatic heterocycles. The van der Waals surface area contributed by atoms with Crippen LogP contribution in [0.5, 0.6) is 0 Å². The molecule has 1 aliphatic rings. The number of para-hydroxylation sites is 1. The van der Waals surface area contributed by atoms with E-state index in [4.69, 9.17) is 0 Å². The molecule has 6 heteroatoms. The lowest BCUT2D eigenvalue weighted by Gasteiger charge is -2.24. The number of nitrogens with zero attached hydrogens (tertiary/aromatic N) is 4. The predicted octanol–water partition coefficient (Wildman–Crippen LogP) is 2.42. The molecule has 0 unspecified atom stereocenters. The standard InChI is InChI=1S/C20H23N5O/c21-16-17-6-1-2-8-19(17)24-12-5-13-25(15-14-24)20(26)23-11-9-18-7-3-4-10-22-18/h1-4,6-8,10H,5,9,11-15H2,(H,23,26). The highest BCUT2D eigenvalue weighted by molar-refractivity contribution is 5.74. The zero-order valence-corrected chi connectivity index (χ0v) is 14.8. The Morgan fingerprint density at radius 2 is 1.96 bits per heavy atom. The number of carbonyl (C=O) groups is 1. The highest BCUT2D eigenvalue weighted by atomic mass is 16.2. The Hall–Kier alpha value is -3.07. The van der Waals surface area contributed by atoms with Gasteiger partial charge in [-0.15, -0.1) is 0 Å². The minimum atomic E-state index is -0.0312. The molecule has 1 N–H and O–H groups in total. The van der Waals surface area contributed by atoms with Gasteiger partial charge in [-0.1, -0.05) is 18.2 Å². The molecule has 0 bridgehead atoms. The fourth-order valence-corrected chi connectivity index (χ4v) is 3.16. The predicted molar refractivity (Wildman–Crippen MR) is 101 cm³/mol. The fraction of sp³-hybridized carbons (Fsp3) is 0.350. The van der Waals surface area contributed by atoms with E-state index in [1.165, 1.54) is 0 Å². The second-order valence-corrected chi connectivity index (χ2v) is 6.26. The molecule has 2 aromatic rings. The van der Waals surface area contributed by atoms with Crippen LogP contribution in [0, 0.1) is 11.3 Å². The van der Waals surface area contributed by atoms with Crippen molar-refractivity contribution in [2.24, 2.45) is 0 Å². The van der Waals surface area contributed by atoms with Gasteiger partial charge in [-0.25, -0.2) is 4.79 Å². The number of carbonyl (C=O) groups excluding carboxylic acids is 1. The number of nitriles is 1. The van der Waals surface area contributed by atoms with E-state index in [2.05, 4.69) is 21.3 Å². The Labute approximate surface area is 154 Å². The van der Waals surface area contributed by atoms with Crippen LogP contribution in [0.4, 0.5) is 10.5 Å². The van der Waals surface area contributed by atoms with Crippen LogP contribution in [0.3, 0.4) is 0 Å². The number of hydrogen-bond donors (Lipinski definition) is 1.